The first kappa shape index (κ1) is 31.1. The van der Waals surface area contributed by atoms with Gasteiger partial charge >= 0.3 is 17.8 Å². The van der Waals surface area contributed by atoms with Crippen LogP contribution in [-0.4, -0.2) is 52.9 Å². The molecule has 232 valence electrons. The van der Waals surface area contributed by atoms with Crippen molar-refractivity contribution in [3.63, 3.8) is 0 Å². The minimum absolute atomic E-state index is 0.0286. The highest BCUT2D eigenvalue weighted by atomic mass is 19.4. The smallest absolute Gasteiger partial charge is 0.416 e. The number of ether oxygens (including phenoxy) is 1. The van der Waals surface area contributed by atoms with Crippen LogP contribution in [0.3, 0.4) is 0 Å². The number of anilines is 2. The molecule has 1 N–H and O–H groups in total. The number of carbonyl (C=O) groups is 1. The molecule has 2 aliphatic rings. The van der Waals surface area contributed by atoms with E-state index in [1.165, 1.54) is 28.7 Å². The average Bonchev–Trinajstić information content (AvgIpc) is 3.39. The maximum absolute atomic E-state index is 13.6. The summed E-state index contributed by atoms with van der Waals surface area (Å²) in [6, 6.07) is 11.5. The summed E-state index contributed by atoms with van der Waals surface area (Å²) in [4.78, 5) is 30.4. The zero-order chi connectivity index (χ0) is 31.8. The first-order valence-corrected chi connectivity index (χ1v) is 14.6. The fourth-order valence-electron chi connectivity index (χ4n) is 6.59. The largest absolute Gasteiger partial charge is 0.466 e. The van der Waals surface area contributed by atoms with E-state index in [1.807, 2.05) is 0 Å². The van der Waals surface area contributed by atoms with Crippen LogP contribution in [0, 0.1) is 17.2 Å². The number of carbonyl (C=O) groups excluding carboxylic acids is 1. The van der Waals surface area contributed by atoms with Crippen molar-refractivity contribution in [2.45, 2.75) is 63.7 Å². The van der Waals surface area contributed by atoms with Crippen LogP contribution in [0.4, 0.5) is 24.8 Å². The van der Waals surface area contributed by atoms with Crippen LogP contribution in [-0.2, 0) is 22.1 Å². The molecule has 1 fully saturated rings. The second-order valence-corrected chi connectivity index (χ2v) is 11.7. The molecule has 1 aliphatic heterocycles. The van der Waals surface area contributed by atoms with Crippen LogP contribution in [0.5, 0.6) is 0 Å². The monoisotopic (exact) mass is 608 g/mol. The Morgan fingerprint density at radius 1 is 1.20 bits per heavy atom. The maximum atomic E-state index is 13.6. The number of methoxy groups -OCH3 is 1. The van der Waals surface area contributed by atoms with Gasteiger partial charge in [-0.3, -0.25) is 4.90 Å². The van der Waals surface area contributed by atoms with Gasteiger partial charge in [0.25, 0.3) is 0 Å². The molecule has 0 bridgehead atoms. The second kappa shape index (κ2) is 12.3. The Balaban J connectivity index is 1.63. The van der Waals surface area contributed by atoms with Gasteiger partial charge in [0, 0.05) is 17.4 Å². The molecule has 2 aromatic carbocycles. The van der Waals surface area contributed by atoms with E-state index in [0.29, 0.717) is 29.5 Å². The molecule has 3 aromatic rings. The Labute approximate surface area is 253 Å². The lowest BCUT2D eigenvalue weighted by Crippen LogP contribution is -2.38. The van der Waals surface area contributed by atoms with Crippen molar-refractivity contribution in [3.05, 3.63) is 86.5 Å². The van der Waals surface area contributed by atoms with E-state index in [4.69, 9.17) is 4.74 Å². The normalized spacial score (nSPS) is 20.4. The number of aromatic amines is 1. The van der Waals surface area contributed by atoms with Gasteiger partial charge in [-0.1, -0.05) is 25.0 Å². The number of alkyl halides is 3. The molecule has 0 saturated heterocycles. The van der Waals surface area contributed by atoms with Gasteiger partial charge in [0.15, 0.2) is 0 Å². The third-order valence-electron chi connectivity index (χ3n) is 8.85. The molecule has 1 aromatic heterocycles. The molecule has 2 heterocycles. The molecular formula is C32H35F3N6O3. The van der Waals surface area contributed by atoms with E-state index < -0.39 is 29.4 Å². The summed E-state index contributed by atoms with van der Waals surface area (Å²) in [5.74, 6) is -0.234. The Kier molecular flexibility index (Phi) is 8.70. The average molecular weight is 609 g/mol. The summed E-state index contributed by atoms with van der Waals surface area (Å²) < 4.78 is 47.4. The summed E-state index contributed by atoms with van der Waals surface area (Å²) in [5.41, 5.74) is 0.764. The lowest BCUT2D eigenvalue weighted by molar-refractivity contribution is -0.138. The number of rotatable bonds is 7. The molecule has 0 amide bonds. The lowest BCUT2D eigenvalue weighted by atomic mass is 9.80. The predicted octanol–water partition coefficient (Wildman–Crippen LogP) is 5.70. The van der Waals surface area contributed by atoms with Crippen LogP contribution in [0.1, 0.15) is 67.3 Å². The number of nitriles is 1. The van der Waals surface area contributed by atoms with Gasteiger partial charge in [0.2, 0.25) is 5.95 Å². The van der Waals surface area contributed by atoms with Crippen molar-refractivity contribution >= 4 is 17.6 Å². The van der Waals surface area contributed by atoms with Gasteiger partial charge in [-0.25, -0.2) is 19.3 Å². The molecule has 9 nitrogen and oxygen atoms in total. The van der Waals surface area contributed by atoms with Crippen molar-refractivity contribution in [1.29, 1.82) is 5.26 Å². The Morgan fingerprint density at radius 3 is 2.66 bits per heavy atom. The highest BCUT2D eigenvalue weighted by molar-refractivity contribution is 5.93. The number of esters is 1. The van der Waals surface area contributed by atoms with Crippen LogP contribution in [0.25, 0.3) is 0 Å². The van der Waals surface area contributed by atoms with Gasteiger partial charge in [-0.15, -0.1) is 5.10 Å². The van der Waals surface area contributed by atoms with Crippen LogP contribution in [0.15, 0.2) is 58.5 Å². The van der Waals surface area contributed by atoms with Gasteiger partial charge in [0.05, 0.1) is 29.9 Å². The van der Waals surface area contributed by atoms with Crippen molar-refractivity contribution in [1.82, 2.24) is 19.7 Å². The Hall–Kier alpha value is -4.37. The highest BCUT2D eigenvalue weighted by Gasteiger charge is 2.41. The summed E-state index contributed by atoms with van der Waals surface area (Å²) in [6.07, 6.45) is 1.32. The van der Waals surface area contributed by atoms with Crippen LogP contribution >= 0.6 is 0 Å². The van der Waals surface area contributed by atoms with Crippen molar-refractivity contribution in [2.24, 2.45) is 5.92 Å². The summed E-state index contributed by atoms with van der Waals surface area (Å²) in [6.45, 7) is 1.59. The number of H-pyrrole nitrogens is 1. The number of halogens is 3. The molecular weight excluding hydrogens is 573 g/mol. The lowest BCUT2D eigenvalue weighted by Gasteiger charge is -2.36. The van der Waals surface area contributed by atoms with E-state index >= 15 is 0 Å². The predicted molar refractivity (Wildman–Crippen MR) is 158 cm³/mol. The number of nitrogens with one attached hydrogen (secondary N) is 1. The third-order valence-corrected chi connectivity index (χ3v) is 8.85. The number of benzene rings is 2. The zero-order valence-electron chi connectivity index (χ0n) is 25.1. The summed E-state index contributed by atoms with van der Waals surface area (Å²) in [5, 5.41) is 16.3. The zero-order valence-corrected chi connectivity index (χ0v) is 25.1. The fraction of sp³-hybridized carbons (Fsp3) is 0.438. The second-order valence-electron chi connectivity index (χ2n) is 11.7. The SMILES string of the molecule is COC(=O)C1=C(C)N(c2cccc(C(F)(F)F)c2)c2n[nH]c(=O)n2[C@@H]1c1ccc(C#N)cc1CCC1CCCC(N(C)C)C1. The van der Waals surface area contributed by atoms with Crippen molar-refractivity contribution in [3.8, 4) is 6.07 Å². The minimum atomic E-state index is -4.61. The van der Waals surface area contributed by atoms with E-state index in [0.717, 1.165) is 49.8 Å². The molecule has 3 atom stereocenters. The number of allylic oxidation sites excluding steroid dienone is 1. The van der Waals surface area contributed by atoms with E-state index in [9.17, 15) is 28.0 Å². The number of fused-ring (bicyclic) bond motifs is 1. The molecule has 0 spiro atoms. The number of hydrogen-bond acceptors (Lipinski definition) is 7. The summed E-state index contributed by atoms with van der Waals surface area (Å²) in [7, 11) is 5.40. The Bertz CT molecular complexity index is 1680. The molecule has 2 unspecified atom stereocenters. The number of aromatic nitrogens is 3. The third kappa shape index (κ3) is 5.88. The van der Waals surface area contributed by atoms with Gasteiger partial charge < -0.3 is 9.64 Å². The quantitative estimate of drug-likeness (QED) is 0.343. The fourth-order valence-corrected chi connectivity index (χ4v) is 6.59. The van der Waals surface area contributed by atoms with Gasteiger partial charge in [-0.05, 0) is 94.1 Å². The Morgan fingerprint density at radius 2 is 1.98 bits per heavy atom. The molecule has 44 heavy (non-hydrogen) atoms. The van der Waals surface area contributed by atoms with E-state index in [2.05, 4.69) is 35.3 Å². The van der Waals surface area contributed by atoms with Crippen LogP contribution in [0.2, 0.25) is 0 Å². The maximum Gasteiger partial charge on any atom is 0.416 e. The standard InChI is InChI=1S/C32H35F3N6O3/c1-19-27(29(42)44-4)28(41-30(37-38-31(41)43)40(19)25-10-6-8-23(17-25)32(33,34)35)26-14-12-21(18-36)15-22(26)13-11-20-7-5-9-24(16-20)39(2)3/h6,8,10,12,14-15,17,20,24,28H,5,7,9,11,13,16H2,1-4H3,(H,38,43)/t20?,24?,28-/m1/s1. The molecule has 1 saturated carbocycles. The van der Waals surface area contributed by atoms with E-state index in [-0.39, 0.29) is 22.9 Å². The molecule has 5 rings (SSSR count). The first-order valence-electron chi connectivity index (χ1n) is 14.6. The van der Waals surface area contributed by atoms with Gasteiger partial charge in [0.1, 0.15) is 6.04 Å². The van der Waals surface area contributed by atoms with Crippen molar-refractivity contribution in [2.75, 3.05) is 26.1 Å². The minimum Gasteiger partial charge on any atom is -0.466 e. The topological polar surface area (TPSA) is 107 Å². The van der Waals surface area contributed by atoms with Crippen molar-refractivity contribution < 1.29 is 22.7 Å². The van der Waals surface area contributed by atoms with Crippen LogP contribution < -0.4 is 10.6 Å². The molecule has 1 aliphatic carbocycles. The van der Waals surface area contributed by atoms with E-state index in [1.54, 1.807) is 25.1 Å². The summed E-state index contributed by atoms with van der Waals surface area (Å²) >= 11 is 0. The molecule has 0 radical (unpaired) electrons. The number of nitrogens with zero attached hydrogens (tertiary/aromatic N) is 5. The highest BCUT2D eigenvalue weighted by Crippen LogP contribution is 2.44. The number of aryl methyl sites for hydroxylation is 1. The first-order chi connectivity index (χ1) is 20.9. The molecule has 12 heteroatoms. The number of hydrogen-bond donors (Lipinski definition) is 1. The van der Waals surface area contributed by atoms with Gasteiger partial charge in [-0.2, -0.15) is 18.4 Å².